The Morgan fingerprint density at radius 1 is 0.941 bits per heavy atom. The lowest BCUT2D eigenvalue weighted by Gasteiger charge is -2.34. The van der Waals surface area contributed by atoms with Gasteiger partial charge in [0.25, 0.3) is 5.56 Å². The van der Waals surface area contributed by atoms with Crippen molar-refractivity contribution in [3.63, 3.8) is 0 Å². The molecule has 0 bridgehead atoms. The Morgan fingerprint density at radius 2 is 1.76 bits per heavy atom. The summed E-state index contributed by atoms with van der Waals surface area (Å²) in [5, 5.41) is 8.73. The molecule has 9 heteroatoms. The lowest BCUT2D eigenvalue weighted by Crippen LogP contribution is -2.48. The Hall–Kier alpha value is -3.46. The van der Waals surface area contributed by atoms with Gasteiger partial charge in [0.2, 0.25) is 12.7 Å². The largest absolute Gasteiger partial charge is 0.454 e. The van der Waals surface area contributed by atoms with Gasteiger partial charge in [-0.1, -0.05) is 29.8 Å². The minimum Gasteiger partial charge on any atom is -0.454 e. The summed E-state index contributed by atoms with van der Waals surface area (Å²) in [5.41, 5.74) is 1.70. The van der Waals surface area contributed by atoms with Crippen LogP contribution in [-0.4, -0.2) is 63.7 Å². The van der Waals surface area contributed by atoms with Crippen molar-refractivity contribution in [1.29, 1.82) is 0 Å². The lowest BCUT2D eigenvalue weighted by molar-refractivity contribution is -0.133. The van der Waals surface area contributed by atoms with Gasteiger partial charge < -0.3 is 14.4 Å². The Morgan fingerprint density at radius 3 is 2.65 bits per heavy atom. The fourth-order valence-electron chi connectivity index (χ4n) is 4.50. The van der Waals surface area contributed by atoms with E-state index in [1.54, 1.807) is 12.1 Å². The molecule has 0 saturated carbocycles. The number of hydrogen-bond acceptors (Lipinski definition) is 7. The van der Waals surface area contributed by atoms with E-state index in [0.29, 0.717) is 23.9 Å². The third-order valence-electron chi connectivity index (χ3n) is 6.46. The number of rotatable bonds is 8. The monoisotopic (exact) mass is 463 g/mol. The van der Waals surface area contributed by atoms with Crippen LogP contribution in [0.3, 0.4) is 0 Å². The van der Waals surface area contributed by atoms with Crippen molar-refractivity contribution in [2.45, 2.75) is 38.8 Å². The molecule has 0 spiro atoms. The van der Waals surface area contributed by atoms with Crippen LogP contribution < -0.4 is 15.0 Å². The van der Waals surface area contributed by atoms with Crippen molar-refractivity contribution >= 4 is 16.8 Å². The molecule has 2 aliphatic rings. The number of benzene rings is 2. The van der Waals surface area contributed by atoms with Crippen molar-refractivity contribution in [2.75, 3.05) is 33.0 Å². The summed E-state index contributed by atoms with van der Waals surface area (Å²) in [7, 11) is 0. The molecule has 3 heterocycles. The molecule has 1 amide bonds. The van der Waals surface area contributed by atoms with Crippen LogP contribution in [0.5, 0.6) is 11.5 Å². The molecule has 0 N–H and O–H groups in total. The summed E-state index contributed by atoms with van der Waals surface area (Å²) in [6, 6.07) is 13.3. The first-order valence-corrected chi connectivity index (χ1v) is 11.9. The molecule has 2 aliphatic heterocycles. The summed E-state index contributed by atoms with van der Waals surface area (Å²) >= 11 is 0. The fraction of sp³-hybridized carbons (Fsp3) is 0.440. The van der Waals surface area contributed by atoms with E-state index < -0.39 is 0 Å². The Labute approximate surface area is 197 Å². The SMILES string of the molecule is O=C(CCCCCn1nnc2ccccc2c1=O)N1CCN(Cc2ccc3c(c2)OCO3)CC1. The summed E-state index contributed by atoms with van der Waals surface area (Å²) in [5.74, 6) is 1.82. The fourth-order valence-corrected chi connectivity index (χ4v) is 4.50. The number of piperazine rings is 1. The highest BCUT2D eigenvalue weighted by Crippen LogP contribution is 2.32. The predicted molar refractivity (Wildman–Crippen MR) is 127 cm³/mol. The van der Waals surface area contributed by atoms with Gasteiger partial charge in [-0.05, 0) is 42.7 Å². The Bertz CT molecular complexity index is 1220. The summed E-state index contributed by atoms with van der Waals surface area (Å²) in [6.45, 7) is 4.89. The van der Waals surface area contributed by atoms with Gasteiger partial charge in [0.1, 0.15) is 5.52 Å². The van der Waals surface area contributed by atoms with Crippen molar-refractivity contribution in [3.05, 3.63) is 58.4 Å². The van der Waals surface area contributed by atoms with E-state index in [2.05, 4.69) is 21.3 Å². The van der Waals surface area contributed by atoms with Crippen molar-refractivity contribution < 1.29 is 14.3 Å². The molecule has 1 aromatic heterocycles. The molecule has 2 aromatic carbocycles. The van der Waals surface area contributed by atoms with Gasteiger partial charge in [0.05, 0.1) is 5.39 Å². The van der Waals surface area contributed by atoms with Crippen LogP contribution in [0.4, 0.5) is 0 Å². The number of carbonyl (C=O) groups excluding carboxylic acids is 1. The topological polar surface area (TPSA) is 89.8 Å². The molecule has 0 radical (unpaired) electrons. The number of carbonyl (C=O) groups is 1. The Balaban J connectivity index is 1.01. The summed E-state index contributed by atoms with van der Waals surface area (Å²) < 4.78 is 12.3. The minimum absolute atomic E-state index is 0.111. The zero-order valence-electron chi connectivity index (χ0n) is 19.2. The van der Waals surface area contributed by atoms with Gasteiger partial charge in [0.15, 0.2) is 11.5 Å². The average Bonchev–Trinajstić information content (AvgIpc) is 3.33. The first-order chi connectivity index (χ1) is 16.7. The maximum atomic E-state index is 12.6. The molecule has 1 saturated heterocycles. The van der Waals surface area contributed by atoms with E-state index in [0.717, 1.165) is 63.5 Å². The number of amides is 1. The van der Waals surface area contributed by atoms with E-state index in [1.165, 1.54) is 10.2 Å². The van der Waals surface area contributed by atoms with Crippen LogP contribution in [0, 0.1) is 0 Å². The molecule has 0 atom stereocenters. The highest BCUT2D eigenvalue weighted by molar-refractivity contribution is 5.76. The molecular weight excluding hydrogens is 434 g/mol. The molecule has 3 aromatic rings. The van der Waals surface area contributed by atoms with E-state index in [1.807, 2.05) is 29.2 Å². The van der Waals surface area contributed by atoms with Gasteiger partial charge >= 0.3 is 0 Å². The third-order valence-corrected chi connectivity index (χ3v) is 6.46. The minimum atomic E-state index is -0.111. The molecule has 34 heavy (non-hydrogen) atoms. The highest BCUT2D eigenvalue weighted by atomic mass is 16.7. The smallest absolute Gasteiger partial charge is 0.277 e. The maximum Gasteiger partial charge on any atom is 0.277 e. The van der Waals surface area contributed by atoms with E-state index in [9.17, 15) is 9.59 Å². The van der Waals surface area contributed by atoms with Gasteiger partial charge in [-0.25, -0.2) is 4.68 Å². The highest BCUT2D eigenvalue weighted by Gasteiger charge is 2.21. The van der Waals surface area contributed by atoms with Crippen LogP contribution in [-0.2, 0) is 17.9 Å². The molecule has 5 rings (SSSR count). The number of fused-ring (bicyclic) bond motifs is 2. The van der Waals surface area contributed by atoms with Crippen LogP contribution in [0.2, 0.25) is 0 Å². The molecule has 0 aliphatic carbocycles. The molecule has 1 fully saturated rings. The van der Waals surface area contributed by atoms with E-state index in [4.69, 9.17) is 9.47 Å². The van der Waals surface area contributed by atoms with E-state index in [-0.39, 0.29) is 18.3 Å². The van der Waals surface area contributed by atoms with Crippen LogP contribution in [0.15, 0.2) is 47.3 Å². The first-order valence-electron chi connectivity index (χ1n) is 11.9. The predicted octanol–water partition coefficient (Wildman–Crippen LogP) is 2.43. The number of hydrogen-bond donors (Lipinski definition) is 0. The normalized spacial score (nSPS) is 15.7. The van der Waals surface area contributed by atoms with Gasteiger partial charge in [-0.15, -0.1) is 5.10 Å². The van der Waals surface area contributed by atoms with Gasteiger partial charge in [-0.3, -0.25) is 14.5 Å². The molecule has 0 unspecified atom stereocenters. The van der Waals surface area contributed by atoms with Crippen molar-refractivity contribution in [1.82, 2.24) is 24.8 Å². The van der Waals surface area contributed by atoms with Crippen LogP contribution >= 0.6 is 0 Å². The molecular formula is C25H29N5O4. The number of ether oxygens (including phenoxy) is 2. The zero-order chi connectivity index (χ0) is 23.3. The van der Waals surface area contributed by atoms with Crippen molar-refractivity contribution in [2.24, 2.45) is 0 Å². The number of nitrogens with zero attached hydrogens (tertiary/aromatic N) is 5. The first kappa shape index (κ1) is 22.3. The van der Waals surface area contributed by atoms with Crippen LogP contribution in [0.25, 0.3) is 10.9 Å². The maximum absolute atomic E-state index is 12.6. The number of aromatic nitrogens is 3. The Kier molecular flexibility index (Phi) is 6.71. The quantitative estimate of drug-likeness (QED) is 0.474. The second kappa shape index (κ2) is 10.2. The van der Waals surface area contributed by atoms with E-state index >= 15 is 0 Å². The van der Waals surface area contributed by atoms with Gasteiger partial charge in [-0.2, -0.15) is 0 Å². The number of unbranched alkanes of at least 4 members (excludes halogenated alkanes) is 2. The van der Waals surface area contributed by atoms with Crippen LogP contribution in [0.1, 0.15) is 31.2 Å². The second-order valence-electron chi connectivity index (χ2n) is 8.79. The van der Waals surface area contributed by atoms with Gasteiger partial charge in [0, 0.05) is 45.7 Å². The van der Waals surface area contributed by atoms with Crippen molar-refractivity contribution in [3.8, 4) is 11.5 Å². The molecule has 9 nitrogen and oxygen atoms in total. The second-order valence-corrected chi connectivity index (χ2v) is 8.79. The summed E-state index contributed by atoms with van der Waals surface area (Å²) in [6.07, 6.45) is 3.02. The lowest BCUT2D eigenvalue weighted by atomic mass is 10.1. The summed E-state index contributed by atoms with van der Waals surface area (Å²) in [4.78, 5) is 29.4. The molecule has 178 valence electrons. The zero-order valence-corrected chi connectivity index (χ0v) is 19.2. The number of aryl methyl sites for hydroxylation is 1. The standard InChI is InChI=1S/C25H29N5O4/c31-24(8-2-1-5-11-30-25(32)20-6-3-4-7-21(20)26-27-30)29-14-12-28(13-15-29)17-19-9-10-22-23(16-19)34-18-33-22/h3-4,6-7,9-10,16H,1-2,5,8,11-15,17-18H2. The third kappa shape index (κ3) is 5.04. The average molecular weight is 464 g/mol.